The Morgan fingerprint density at radius 3 is 2.24 bits per heavy atom. The summed E-state index contributed by atoms with van der Waals surface area (Å²) < 4.78 is 0. The summed E-state index contributed by atoms with van der Waals surface area (Å²) in [4.78, 5) is 1.94. The van der Waals surface area contributed by atoms with E-state index in [1.807, 2.05) is 12.1 Å². The van der Waals surface area contributed by atoms with Crippen molar-refractivity contribution in [3.05, 3.63) is 48.0 Å². The van der Waals surface area contributed by atoms with Gasteiger partial charge in [0.1, 0.15) is 11.5 Å². The lowest BCUT2D eigenvalue weighted by atomic mass is 10.2. The third-order valence-corrected chi connectivity index (χ3v) is 3.19. The number of benzene rings is 2. The maximum Gasteiger partial charge on any atom is 0.131 e. The molecule has 84 valence electrons. The van der Waals surface area contributed by atoms with Crippen molar-refractivity contribution < 1.29 is 10.2 Å². The number of rotatable bonds is 2. The first-order valence-electron chi connectivity index (χ1n) is 4.95. The fourth-order valence-corrected chi connectivity index (χ4v) is 2.20. The summed E-state index contributed by atoms with van der Waals surface area (Å²) in [6.07, 6.45) is 5.28. The molecule has 17 heavy (non-hydrogen) atoms. The van der Waals surface area contributed by atoms with Gasteiger partial charge < -0.3 is 10.2 Å². The second-order valence-electron chi connectivity index (χ2n) is 3.42. The van der Waals surface area contributed by atoms with E-state index in [1.54, 1.807) is 30.3 Å². The molecule has 2 nitrogen and oxygen atoms in total. The summed E-state index contributed by atoms with van der Waals surface area (Å²) in [7, 11) is 0. The number of terminal acetylenes is 1. The summed E-state index contributed by atoms with van der Waals surface area (Å²) >= 11 is 1.52. The second-order valence-corrected chi connectivity index (χ2v) is 4.57. The molecule has 0 spiro atoms. The average Bonchev–Trinajstić information content (AvgIpc) is 2.34. The van der Waals surface area contributed by atoms with Crippen LogP contribution in [0.2, 0.25) is 0 Å². The minimum Gasteiger partial charge on any atom is -0.508 e. The molecule has 0 aromatic heterocycles. The summed E-state index contributed by atoms with van der Waals surface area (Å²) in [6.45, 7) is 0. The predicted molar refractivity (Wildman–Crippen MR) is 68.3 cm³/mol. The molecule has 2 aromatic rings. The molecule has 0 aliphatic heterocycles. The van der Waals surface area contributed by atoms with Crippen molar-refractivity contribution in [2.24, 2.45) is 0 Å². The molecule has 0 radical (unpaired) electrons. The highest BCUT2D eigenvalue weighted by molar-refractivity contribution is 7.99. The van der Waals surface area contributed by atoms with Crippen molar-refractivity contribution in [3.8, 4) is 23.8 Å². The maximum absolute atomic E-state index is 9.45. The first-order valence-corrected chi connectivity index (χ1v) is 5.77. The summed E-state index contributed by atoms with van der Waals surface area (Å²) in [5.41, 5.74) is 0.480. The van der Waals surface area contributed by atoms with Gasteiger partial charge >= 0.3 is 0 Å². The Hall–Kier alpha value is -2.05. The van der Waals surface area contributed by atoms with Crippen molar-refractivity contribution in [2.75, 3.05) is 0 Å². The monoisotopic (exact) mass is 242 g/mol. The number of hydrogen-bond acceptors (Lipinski definition) is 3. The van der Waals surface area contributed by atoms with Crippen LogP contribution in [0.1, 0.15) is 5.56 Å². The van der Waals surface area contributed by atoms with Crippen LogP contribution in [0.15, 0.2) is 52.3 Å². The minimum atomic E-state index is 0.113. The zero-order chi connectivity index (χ0) is 12.3. The minimum absolute atomic E-state index is 0.113. The van der Waals surface area contributed by atoms with Crippen molar-refractivity contribution >= 4 is 11.8 Å². The van der Waals surface area contributed by atoms with E-state index in [-0.39, 0.29) is 11.5 Å². The molecule has 0 atom stereocenters. The van der Waals surface area contributed by atoms with E-state index in [9.17, 15) is 10.2 Å². The van der Waals surface area contributed by atoms with E-state index in [2.05, 4.69) is 5.92 Å². The van der Waals surface area contributed by atoms with Crippen LogP contribution in [0.25, 0.3) is 0 Å². The van der Waals surface area contributed by atoms with Crippen molar-refractivity contribution in [1.82, 2.24) is 0 Å². The molecule has 0 saturated heterocycles. The van der Waals surface area contributed by atoms with E-state index in [0.29, 0.717) is 5.56 Å². The van der Waals surface area contributed by atoms with Crippen LogP contribution in [0, 0.1) is 12.3 Å². The Labute approximate surface area is 104 Å². The molecule has 0 fully saturated rings. The second kappa shape index (κ2) is 4.86. The number of phenolic OH excluding ortho intramolecular Hbond substituents is 2. The van der Waals surface area contributed by atoms with Crippen LogP contribution in [0.5, 0.6) is 11.5 Å². The van der Waals surface area contributed by atoms with Gasteiger partial charge in [0, 0.05) is 9.79 Å². The fourth-order valence-electron chi connectivity index (χ4n) is 1.34. The topological polar surface area (TPSA) is 40.5 Å². The van der Waals surface area contributed by atoms with Gasteiger partial charge in [0.25, 0.3) is 0 Å². The Kier molecular flexibility index (Phi) is 3.27. The predicted octanol–water partition coefficient (Wildman–Crippen LogP) is 3.23. The molecule has 0 heterocycles. The van der Waals surface area contributed by atoms with Crippen LogP contribution in [-0.4, -0.2) is 10.2 Å². The lowest BCUT2D eigenvalue weighted by molar-refractivity contribution is 0.473. The van der Waals surface area contributed by atoms with Gasteiger partial charge in [-0.2, -0.15) is 0 Å². The first-order chi connectivity index (χ1) is 8.19. The highest BCUT2D eigenvalue weighted by Gasteiger charge is 2.02. The van der Waals surface area contributed by atoms with Gasteiger partial charge in [-0.15, -0.1) is 6.42 Å². The van der Waals surface area contributed by atoms with Crippen LogP contribution >= 0.6 is 11.8 Å². The third kappa shape index (κ3) is 2.74. The molecule has 0 unspecified atom stereocenters. The zero-order valence-corrected chi connectivity index (χ0v) is 9.74. The molecule has 0 aliphatic carbocycles. The zero-order valence-electron chi connectivity index (χ0n) is 8.92. The Morgan fingerprint density at radius 2 is 1.59 bits per heavy atom. The van der Waals surface area contributed by atoms with Gasteiger partial charge in [0.15, 0.2) is 0 Å². The van der Waals surface area contributed by atoms with Crippen LogP contribution in [0.3, 0.4) is 0 Å². The summed E-state index contributed by atoms with van der Waals surface area (Å²) in [6, 6.07) is 12.0. The lowest BCUT2D eigenvalue weighted by Gasteiger charge is -2.04. The Bertz CT molecular complexity index is 568. The van der Waals surface area contributed by atoms with Crippen molar-refractivity contribution in [3.63, 3.8) is 0 Å². The van der Waals surface area contributed by atoms with Crippen LogP contribution in [0.4, 0.5) is 0 Å². The molecule has 2 aromatic carbocycles. The molecule has 2 rings (SSSR count). The summed E-state index contributed by atoms with van der Waals surface area (Å²) in [5, 5.41) is 18.6. The number of phenols is 2. The van der Waals surface area contributed by atoms with Gasteiger partial charge in [0.2, 0.25) is 0 Å². The van der Waals surface area contributed by atoms with Gasteiger partial charge in [-0.25, -0.2) is 0 Å². The fraction of sp³-hybridized carbons (Fsp3) is 0. The Morgan fingerprint density at radius 1 is 0.941 bits per heavy atom. The van der Waals surface area contributed by atoms with Crippen LogP contribution < -0.4 is 0 Å². The first kappa shape index (κ1) is 11.4. The molecule has 0 saturated carbocycles. The van der Waals surface area contributed by atoms with E-state index in [4.69, 9.17) is 6.42 Å². The molecule has 0 bridgehead atoms. The SMILES string of the molecule is C#Cc1cc(Sc2ccc(O)cc2)ccc1O. The van der Waals surface area contributed by atoms with Gasteiger partial charge in [-0.3, -0.25) is 0 Å². The number of hydrogen-bond donors (Lipinski definition) is 2. The van der Waals surface area contributed by atoms with Crippen molar-refractivity contribution in [1.29, 1.82) is 0 Å². The normalized spacial score (nSPS) is 9.82. The Balaban J connectivity index is 2.25. The van der Waals surface area contributed by atoms with E-state index in [0.717, 1.165) is 9.79 Å². The van der Waals surface area contributed by atoms with Crippen LogP contribution in [-0.2, 0) is 0 Å². The molecule has 3 heteroatoms. The largest absolute Gasteiger partial charge is 0.508 e. The quantitative estimate of drug-likeness (QED) is 0.794. The molecule has 0 amide bonds. The third-order valence-electron chi connectivity index (χ3n) is 2.20. The highest BCUT2D eigenvalue weighted by Crippen LogP contribution is 2.31. The standard InChI is InChI=1S/C14H10O2S/c1-2-10-9-13(7-8-14(10)16)17-12-5-3-11(15)4-6-12/h1,3-9,15-16H. The van der Waals surface area contributed by atoms with E-state index >= 15 is 0 Å². The van der Waals surface area contributed by atoms with E-state index in [1.165, 1.54) is 11.8 Å². The molecular weight excluding hydrogens is 232 g/mol. The maximum atomic E-state index is 9.45. The average molecular weight is 242 g/mol. The summed E-state index contributed by atoms with van der Waals surface area (Å²) in [5.74, 6) is 2.78. The van der Waals surface area contributed by atoms with Gasteiger partial charge in [-0.1, -0.05) is 17.7 Å². The molecular formula is C14H10O2S. The van der Waals surface area contributed by atoms with Gasteiger partial charge in [0.05, 0.1) is 5.56 Å². The smallest absolute Gasteiger partial charge is 0.131 e. The van der Waals surface area contributed by atoms with Crippen molar-refractivity contribution in [2.45, 2.75) is 9.79 Å². The van der Waals surface area contributed by atoms with E-state index < -0.39 is 0 Å². The molecule has 0 aliphatic rings. The van der Waals surface area contributed by atoms with Gasteiger partial charge in [-0.05, 0) is 42.5 Å². The highest BCUT2D eigenvalue weighted by atomic mass is 32.2. The number of aromatic hydroxyl groups is 2. The molecule has 2 N–H and O–H groups in total. The lowest BCUT2D eigenvalue weighted by Crippen LogP contribution is -1.79.